The maximum atomic E-state index is 9.70. The van der Waals surface area contributed by atoms with Crippen LogP contribution in [-0.4, -0.2) is 8.07 Å². The predicted molar refractivity (Wildman–Crippen MR) is 109 cm³/mol. The van der Waals surface area contributed by atoms with Gasteiger partial charge in [0.2, 0.25) is 0 Å². The maximum Gasteiger partial charge on any atom is 0.188 e. The summed E-state index contributed by atoms with van der Waals surface area (Å²) in [6, 6.07) is 24.6. The summed E-state index contributed by atoms with van der Waals surface area (Å²) in [5.41, 5.74) is 4.09. The molecule has 0 amide bonds. The highest BCUT2D eigenvalue weighted by Gasteiger charge is 2.38. The highest BCUT2D eigenvalue weighted by molar-refractivity contribution is 7.02. The average molecular weight is 351 g/mol. The van der Waals surface area contributed by atoms with Gasteiger partial charge in [-0.1, -0.05) is 55.6 Å². The Labute approximate surface area is 154 Å². The van der Waals surface area contributed by atoms with Gasteiger partial charge in [0.1, 0.15) is 8.07 Å². The Hall–Kier alpha value is -3.34. The van der Waals surface area contributed by atoms with Gasteiger partial charge in [-0.05, 0) is 34.6 Å². The van der Waals surface area contributed by atoms with Crippen molar-refractivity contribution in [2.45, 2.75) is 13.1 Å². The lowest BCUT2D eigenvalue weighted by Crippen LogP contribution is -2.58. The molecule has 3 nitrogen and oxygen atoms in total. The molecular formula is C22H17N3Si. The van der Waals surface area contributed by atoms with Crippen molar-refractivity contribution >= 4 is 41.2 Å². The van der Waals surface area contributed by atoms with Crippen LogP contribution in [0.5, 0.6) is 0 Å². The molecule has 0 radical (unpaired) electrons. The van der Waals surface area contributed by atoms with Crippen LogP contribution in [0.2, 0.25) is 13.1 Å². The largest absolute Gasteiger partial charge is 0.309 e. The molecule has 3 aromatic carbocycles. The zero-order valence-corrected chi connectivity index (χ0v) is 15.7. The van der Waals surface area contributed by atoms with Crippen molar-refractivity contribution in [3.05, 3.63) is 83.7 Å². The van der Waals surface area contributed by atoms with E-state index in [9.17, 15) is 5.26 Å². The van der Waals surface area contributed by atoms with Crippen LogP contribution in [-0.2, 0) is 0 Å². The van der Waals surface area contributed by atoms with Gasteiger partial charge in [0, 0.05) is 11.4 Å². The molecule has 4 heteroatoms. The first-order valence-electron chi connectivity index (χ1n) is 8.48. The van der Waals surface area contributed by atoms with Gasteiger partial charge in [0.25, 0.3) is 0 Å². The molecule has 1 aliphatic heterocycles. The summed E-state index contributed by atoms with van der Waals surface area (Å²) in [7, 11) is -1.82. The zero-order chi connectivity index (χ0) is 18.3. The van der Waals surface area contributed by atoms with Gasteiger partial charge in [0.15, 0.2) is 5.69 Å². The summed E-state index contributed by atoms with van der Waals surface area (Å²) in [6.07, 6.45) is 0. The fraction of sp³-hybridized carbons (Fsp3) is 0.0909. The standard InChI is InChI=1S/C22H17N3Si/c1-24-17-12-13-18(16(14-17)15-23)25-19-8-4-6-10-21(19)26(2,3)22-11-7-5-9-20(22)25/h4-14H,2-3H3. The Kier molecular flexibility index (Phi) is 3.65. The molecule has 0 saturated carbocycles. The van der Waals surface area contributed by atoms with Crippen LogP contribution >= 0.6 is 0 Å². The highest BCUT2D eigenvalue weighted by Crippen LogP contribution is 2.40. The topological polar surface area (TPSA) is 31.4 Å². The molecule has 0 aromatic heterocycles. The summed E-state index contributed by atoms with van der Waals surface area (Å²) >= 11 is 0. The number of fused-ring (bicyclic) bond motifs is 2. The molecule has 0 N–H and O–H groups in total. The third-order valence-corrected chi connectivity index (χ3v) is 8.65. The van der Waals surface area contributed by atoms with E-state index in [4.69, 9.17) is 6.57 Å². The van der Waals surface area contributed by atoms with Gasteiger partial charge < -0.3 is 4.90 Å². The number of hydrogen-bond acceptors (Lipinski definition) is 2. The van der Waals surface area contributed by atoms with Crippen molar-refractivity contribution in [2.75, 3.05) is 4.90 Å². The molecule has 26 heavy (non-hydrogen) atoms. The molecule has 1 heterocycles. The molecule has 1 aliphatic rings. The Bertz CT molecular complexity index is 1050. The Morgan fingerprint density at radius 3 is 2.00 bits per heavy atom. The quantitative estimate of drug-likeness (QED) is 0.469. The lowest BCUT2D eigenvalue weighted by molar-refractivity contribution is 1.27. The normalized spacial score (nSPS) is 13.9. The molecule has 0 atom stereocenters. The van der Waals surface area contributed by atoms with Crippen LogP contribution in [0.4, 0.5) is 22.7 Å². The molecule has 0 saturated heterocycles. The van der Waals surface area contributed by atoms with Gasteiger partial charge in [-0.25, -0.2) is 4.85 Å². The van der Waals surface area contributed by atoms with Crippen LogP contribution < -0.4 is 15.3 Å². The number of rotatable bonds is 1. The molecule has 0 fully saturated rings. The number of anilines is 3. The van der Waals surface area contributed by atoms with Crippen molar-refractivity contribution in [1.82, 2.24) is 0 Å². The summed E-state index contributed by atoms with van der Waals surface area (Å²) in [5, 5.41) is 12.4. The second-order valence-electron chi connectivity index (χ2n) is 6.92. The molecule has 0 unspecified atom stereocenters. The molecule has 0 spiro atoms. The third kappa shape index (κ3) is 2.24. The van der Waals surface area contributed by atoms with Crippen LogP contribution in [0.1, 0.15) is 5.56 Å². The molecule has 0 aliphatic carbocycles. The van der Waals surface area contributed by atoms with Crippen LogP contribution in [0.25, 0.3) is 4.85 Å². The summed E-state index contributed by atoms with van der Waals surface area (Å²) in [6.45, 7) is 12.0. The van der Waals surface area contributed by atoms with E-state index in [2.05, 4.69) is 65.3 Å². The fourth-order valence-electron chi connectivity index (χ4n) is 3.81. The number of nitriles is 1. The molecule has 3 aromatic rings. The summed E-state index contributed by atoms with van der Waals surface area (Å²) in [5.74, 6) is 0. The first-order chi connectivity index (χ1) is 12.6. The first-order valence-corrected chi connectivity index (χ1v) is 11.5. The minimum absolute atomic E-state index is 0.485. The van der Waals surface area contributed by atoms with E-state index in [1.807, 2.05) is 18.2 Å². The van der Waals surface area contributed by atoms with E-state index >= 15 is 0 Å². The Morgan fingerprint density at radius 1 is 0.885 bits per heavy atom. The highest BCUT2D eigenvalue weighted by atomic mass is 28.3. The van der Waals surface area contributed by atoms with Gasteiger partial charge in [-0.15, -0.1) is 0 Å². The second kappa shape index (κ2) is 5.88. The van der Waals surface area contributed by atoms with E-state index in [0.29, 0.717) is 11.3 Å². The summed E-state index contributed by atoms with van der Waals surface area (Å²) in [4.78, 5) is 5.64. The molecular weight excluding hydrogens is 334 g/mol. The van der Waals surface area contributed by atoms with Gasteiger partial charge in [-0.3, -0.25) is 0 Å². The Morgan fingerprint density at radius 2 is 1.46 bits per heavy atom. The minimum Gasteiger partial charge on any atom is -0.309 e. The lowest BCUT2D eigenvalue weighted by Gasteiger charge is -2.41. The van der Waals surface area contributed by atoms with Crippen molar-refractivity contribution in [1.29, 1.82) is 5.26 Å². The third-order valence-electron chi connectivity index (χ3n) is 5.11. The van der Waals surface area contributed by atoms with E-state index < -0.39 is 8.07 Å². The van der Waals surface area contributed by atoms with Gasteiger partial charge in [-0.2, -0.15) is 5.26 Å². The first kappa shape index (κ1) is 16.1. The Balaban J connectivity index is 2.06. The second-order valence-corrected chi connectivity index (χ2v) is 11.2. The van der Waals surface area contributed by atoms with Gasteiger partial charge in [0.05, 0.1) is 23.9 Å². The van der Waals surface area contributed by atoms with Crippen molar-refractivity contribution in [3.63, 3.8) is 0 Å². The van der Waals surface area contributed by atoms with Gasteiger partial charge >= 0.3 is 0 Å². The number of hydrogen-bond donors (Lipinski definition) is 0. The van der Waals surface area contributed by atoms with Crippen LogP contribution in [0.15, 0.2) is 66.7 Å². The van der Waals surface area contributed by atoms with Crippen LogP contribution in [0, 0.1) is 17.9 Å². The average Bonchev–Trinajstić information content (AvgIpc) is 2.68. The zero-order valence-electron chi connectivity index (χ0n) is 14.7. The molecule has 124 valence electrons. The number of nitrogens with zero attached hydrogens (tertiary/aromatic N) is 3. The maximum absolute atomic E-state index is 9.70. The van der Waals surface area contributed by atoms with E-state index in [1.165, 1.54) is 10.4 Å². The number of benzene rings is 3. The monoisotopic (exact) mass is 351 g/mol. The van der Waals surface area contributed by atoms with E-state index in [1.54, 1.807) is 12.1 Å². The molecule has 0 bridgehead atoms. The number of para-hydroxylation sites is 2. The van der Waals surface area contributed by atoms with E-state index in [-0.39, 0.29) is 0 Å². The van der Waals surface area contributed by atoms with Crippen molar-refractivity contribution in [2.24, 2.45) is 0 Å². The lowest BCUT2D eigenvalue weighted by atomic mass is 10.1. The van der Waals surface area contributed by atoms with E-state index in [0.717, 1.165) is 17.1 Å². The van der Waals surface area contributed by atoms with Crippen molar-refractivity contribution in [3.8, 4) is 6.07 Å². The fourth-order valence-corrected chi connectivity index (χ4v) is 6.79. The van der Waals surface area contributed by atoms with Crippen LogP contribution in [0.3, 0.4) is 0 Å². The molecule has 4 rings (SSSR count). The summed E-state index contributed by atoms with van der Waals surface area (Å²) < 4.78 is 0. The smallest absolute Gasteiger partial charge is 0.188 e. The minimum atomic E-state index is -1.82. The SMILES string of the molecule is [C-]#[N+]c1ccc(N2c3ccccc3[Si](C)(C)c3ccccc32)c(C#N)c1. The van der Waals surface area contributed by atoms with Crippen molar-refractivity contribution < 1.29 is 0 Å². The predicted octanol–water partition coefficient (Wildman–Crippen LogP) is 4.71.